The second-order valence-corrected chi connectivity index (χ2v) is 9.25. The second kappa shape index (κ2) is 8.88. The van der Waals surface area contributed by atoms with Crippen LogP contribution in [0, 0.1) is 41.4 Å². The highest BCUT2D eigenvalue weighted by molar-refractivity contribution is 4.95. The van der Waals surface area contributed by atoms with E-state index in [1.54, 1.807) is 0 Å². The van der Waals surface area contributed by atoms with E-state index in [2.05, 4.69) is 34.6 Å². The van der Waals surface area contributed by atoms with Crippen molar-refractivity contribution >= 4 is 0 Å². The first-order valence-corrected chi connectivity index (χ1v) is 10.7. The fraction of sp³-hybridized carbons (Fsp3) is 1.00. The van der Waals surface area contributed by atoms with Crippen LogP contribution in [0.5, 0.6) is 0 Å². The van der Waals surface area contributed by atoms with E-state index in [4.69, 9.17) is 5.73 Å². The normalized spacial score (nSPS) is 37.4. The number of nitrogens with two attached hydrogens (primary N) is 1. The summed E-state index contributed by atoms with van der Waals surface area (Å²) >= 11 is 0. The molecule has 1 nitrogen and oxygen atoms in total. The molecule has 0 radical (unpaired) electrons. The van der Waals surface area contributed by atoms with Gasteiger partial charge in [-0.05, 0) is 73.5 Å². The lowest BCUT2D eigenvalue weighted by atomic mass is 9.55. The van der Waals surface area contributed by atoms with Crippen LogP contribution in [0.1, 0.15) is 92.4 Å². The van der Waals surface area contributed by atoms with E-state index in [1.165, 1.54) is 57.8 Å². The molecule has 1 heteroatoms. The van der Waals surface area contributed by atoms with Crippen molar-refractivity contribution < 1.29 is 0 Å². The van der Waals surface area contributed by atoms with Gasteiger partial charge in [-0.15, -0.1) is 0 Å². The lowest BCUT2D eigenvalue weighted by Gasteiger charge is -2.51. The van der Waals surface area contributed by atoms with Gasteiger partial charge < -0.3 is 5.73 Å². The summed E-state index contributed by atoms with van der Waals surface area (Å²) < 4.78 is 0. The van der Waals surface area contributed by atoms with Gasteiger partial charge in [0.25, 0.3) is 0 Å². The molecule has 0 saturated heterocycles. The lowest BCUT2D eigenvalue weighted by Crippen LogP contribution is -2.45. The van der Waals surface area contributed by atoms with E-state index in [9.17, 15) is 0 Å². The standard InChI is InChI=1S/C22H43N/c1-6-8-9-16(5)22(15(3)4)21-12-10-17-14-18(23)11-13-20(17)19(21)7-2/h15-22H,6-14,23H2,1-5H3/t16?,17?,18-,19?,20?,21?,22?/m1/s1. The Bertz CT molecular complexity index is 337. The third-order valence-electron chi connectivity index (χ3n) is 7.46. The van der Waals surface area contributed by atoms with Gasteiger partial charge in [0.05, 0.1) is 0 Å². The van der Waals surface area contributed by atoms with Gasteiger partial charge in [-0.25, -0.2) is 0 Å². The van der Waals surface area contributed by atoms with Crippen molar-refractivity contribution in [3.05, 3.63) is 0 Å². The van der Waals surface area contributed by atoms with Crippen molar-refractivity contribution in [1.82, 2.24) is 0 Å². The van der Waals surface area contributed by atoms with E-state index in [1.807, 2.05) is 0 Å². The molecule has 7 atom stereocenters. The SMILES string of the molecule is CCCCC(C)C(C(C)C)C1CCC2C[C@H](N)CCC2C1CC. The summed E-state index contributed by atoms with van der Waals surface area (Å²) in [4.78, 5) is 0. The minimum atomic E-state index is 0.495. The van der Waals surface area contributed by atoms with Gasteiger partial charge in [0, 0.05) is 6.04 Å². The molecule has 2 N–H and O–H groups in total. The monoisotopic (exact) mass is 321 g/mol. The van der Waals surface area contributed by atoms with Crippen LogP contribution in [-0.4, -0.2) is 6.04 Å². The molecule has 6 unspecified atom stereocenters. The summed E-state index contributed by atoms with van der Waals surface area (Å²) in [7, 11) is 0. The summed E-state index contributed by atoms with van der Waals surface area (Å²) in [6, 6.07) is 0.495. The second-order valence-electron chi connectivity index (χ2n) is 9.25. The number of unbranched alkanes of at least 4 members (excludes halogenated alkanes) is 1. The van der Waals surface area contributed by atoms with Crippen LogP contribution >= 0.6 is 0 Å². The zero-order valence-electron chi connectivity index (χ0n) is 16.6. The predicted molar refractivity (Wildman–Crippen MR) is 102 cm³/mol. The fourth-order valence-electron chi connectivity index (χ4n) is 6.53. The van der Waals surface area contributed by atoms with Gasteiger partial charge in [0.2, 0.25) is 0 Å². The molecular weight excluding hydrogens is 278 g/mol. The number of hydrogen-bond acceptors (Lipinski definition) is 1. The largest absolute Gasteiger partial charge is 0.328 e. The van der Waals surface area contributed by atoms with Crippen LogP contribution in [0.15, 0.2) is 0 Å². The van der Waals surface area contributed by atoms with Gasteiger partial charge in [-0.1, -0.05) is 60.3 Å². The first kappa shape index (κ1) is 19.3. The maximum atomic E-state index is 6.27. The third kappa shape index (κ3) is 4.53. The summed E-state index contributed by atoms with van der Waals surface area (Å²) in [5, 5.41) is 0. The number of rotatable bonds is 7. The van der Waals surface area contributed by atoms with E-state index in [0.29, 0.717) is 6.04 Å². The first-order valence-electron chi connectivity index (χ1n) is 10.7. The summed E-state index contributed by atoms with van der Waals surface area (Å²) in [6.45, 7) is 12.3. The van der Waals surface area contributed by atoms with Crippen LogP contribution in [0.2, 0.25) is 0 Å². The summed E-state index contributed by atoms with van der Waals surface area (Å²) in [5.74, 6) is 6.54. The Balaban J connectivity index is 2.12. The van der Waals surface area contributed by atoms with E-state index in [0.717, 1.165) is 41.4 Å². The Hall–Kier alpha value is -0.0400. The Labute approximate surface area is 146 Å². The van der Waals surface area contributed by atoms with Gasteiger partial charge in [0.15, 0.2) is 0 Å². The Morgan fingerprint density at radius 2 is 1.74 bits per heavy atom. The smallest absolute Gasteiger partial charge is 0.00416 e. The van der Waals surface area contributed by atoms with Crippen LogP contribution in [0.25, 0.3) is 0 Å². The molecule has 23 heavy (non-hydrogen) atoms. The lowest BCUT2D eigenvalue weighted by molar-refractivity contribution is -0.00989. The molecule has 0 amide bonds. The zero-order valence-corrected chi connectivity index (χ0v) is 16.6. The highest BCUT2D eigenvalue weighted by Crippen LogP contribution is 2.52. The minimum absolute atomic E-state index is 0.495. The fourth-order valence-corrected chi connectivity index (χ4v) is 6.53. The Morgan fingerprint density at radius 1 is 1.00 bits per heavy atom. The molecule has 2 aliphatic carbocycles. The van der Waals surface area contributed by atoms with Crippen molar-refractivity contribution in [2.45, 2.75) is 98.4 Å². The van der Waals surface area contributed by atoms with Crippen molar-refractivity contribution in [3.8, 4) is 0 Å². The molecule has 0 aromatic carbocycles. The zero-order chi connectivity index (χ0) is 17.0. The molecular formula is C22H43N. The van der Waals surface area contributed by atoms with Gasteiger partial charge in [-0.2, -0.15) is 0 Å². The molecule has 0 aromatic heterocycles. The van der Waals surface area contributed by atoms with Crippen molar-refractivity contribution in [2.75, 3.05) is 0 Å². The first-order chi connectivity index (χ1) is 11.0. The Morgan fingerprint density at radius 3 is 2.35 bits per heavy atom. The van der Waals surface area contributed by atoms with Gasteiger partial charge in [0.1, 0.15) is 0 Å². The van der Waals surface area contributed by atoms with Crippen molar-refractivity contribution in [1.29, 1.82) is 0 Å². The molecule has 2 fully saturated rings. The highest BCUT2D eigenvalue weighted by atomic mass is 14.7. The average Bonchev–Trinajstić information content (AvgIpc) is 2.52. The molecule has 0 bridgehead atoms. The molecule has 0 aliphatic heterocycles. The minimum Gasteiger partial charge on any atom is -0.328 e. The quantitative estimate of drug-likeness (QED) is 0.588. The average molecular weight is 322 g/mol. The molecule has 0 spiro atoms. The maximum Gasteiger partial charge on any atom is 0.00416 e. The summed E-state index contributed by atoms with van der Waals surface area (Å²) in [6.07, 6.45) is 12.5. The topological polar surface area (TPSA) is 26.0 Å². The molecule has 136 valence electrons. The van der Waals surface area contributed by atoms with E-state index < -0.39 is 0 Å². The van der Waals surface area contributed by atoms with Crippen molar-refractivity contribution in [3.63, 3.8) is 0 Å². The van der Waals surface area contributed by atoms with Crippen LogP contribution < -0.4 is 5.73 Å². The number of hydrogen-bond donors (Lipinski definition) is 1. The third-order valence-corrected chi connectivity index (χ3v) is 7.46. The van der Waals surface area contributed by atoms with Crippen LogP contribution in [0.4, 0.5) is 0 Å². The summed E-state index contributed by atoms with van der Waals surface area (Å²) in [5.41, 5.74) is 6.27. The van der Waals surface area contributed by atoms with E-state index >= 15 is 0 Å². The van der Waals surface area contributed by atoms with Gasteiger partial charge >= 0.3 is 0 Å². The van der Waals surface area contributed by atoms with Crippen LogP contribution in [-0.2, 0) is 0 Å². The van der Waals surface area contributed by atoms with E-state index in [-0.39, 0.29) is 0 Å². The molecule has 0 aromatic rings. The van der Waals surface area contributed by atoms with Crippen LogP contribution in [0.3, 0.4) is 0 Å². The predicted octanol–water partition coefficient (Wildman–Crippen LogP) is 6.26. The molecule has 2 saturated carbocycles. The Kier molecular flexibility index (Phi) is 7.45. The maximum absolute atomic E-state index is 6.27. The highest BCUT2D eigenvalue weighted by Gasteiger charge is 2.44. The molecule has 2 aliphatic rings. The number of fused-ring (bicyclic) bond motifs is 1. The molecule has 2 rings (SSSR count). The van der Waals surface area contributed by atoms with Gasteiger partial charge in [-0.3, -0.25) is 0 Å². The van der Waals surface area contributed by atoms with Crippen molar-refractivity contribution in [2.24, 2.45) is 47.2 Å². The molecule has 0 heterocycles.